The van der Waals surface area contributed by atoms with E-state index in [4.69, 9.17) is 5.11 Å². The average molecular weight is 162 g/mol. The van der Waals surface area contributed by atoms with E-state index in [0.717, 1.165) is 12.3 Å². The molecule has 1 N–H and O–H groups in total. The maximum atomic E-state index is 10.7. The van der Waals surface area contributed by atoms with Gasteiger partial charge in [-0.05, 0) is 31.1 Å². The third-order valence-corrected chi connectivity index (χ3v) is 3.36. The molecule has 0 aromatic carbocycles. The summed E-state index contributed by atoms with van der Waals surface area (Å²) in [7, 11) is 0. The third kappa shape index (κ3) is 1.70. The summed E-state index contributed by atoms with van der Waals surface area (Å²) < 4.78 is 0. The fourth-order valence-electron chi connectivity index (χ4n) is 2.68. The molecule has 3 aliphatic rings. The van der Waals surface area contributed by atoms with Crippen molar-refractivity contribution in [3.05, 3.63) is 0 Å². The molecule has 2 nitrogen and oxygen atoms in total. The summed E-state index contributed by atoms with van der Waals surface area (Å²) in [5.74, 6) is 0.695. The molecule has 0 amide bonds. The molecule has 0 aromatic heterocycles. The molecular formula is C9H15LiO2. The van der Waals surface area contributed by atoms with Crippen molar-refractivity contribution in [1.82, 2.24) is 0 Å². The van der Waals surface area contributed by atoms with Crippen LogP contribution in [0.1, 0.15) is 32.1 Å². The van der Waals surface area contributed by atoms with E-state index < -0.39 is 5.97 Å². The van der Waals surface area contributed by atoms with Gasteiger partial charge in [-0.1, -0.05) is 12.8 Å². The van der Waals surface area contributed by atoms with Crippen LogP contribution in [0.4, 0.5) is 0 Å². The minimum absolute atomic E-state index is 0. The van der Waals surface area contributed by atoms with Crippen LogP contribution >= 0.6 is 0 Å². The topological polar surface area (TPSA) is 37.3 Å². The van der Waals surface area contributed by atoms with Crippen molar-refractivity contribution in [3.8, 4) is 0 Å². The van der Waals surface area contributed by atoms with Gasteiger partial charge >= 0.3 is 24.8 Å². The molecule has 3 saturated carbocycles. The summed E-state index contributed by atoms with van der Waals surface area (Å²) >= 11 is 0. The maximum absolute atomic E-state index is 10.7. The number of hydrogen-bond acceptors (Lipinski definition) is 1. The molecular weight excluding hydrogens is 147 g/mol. The van der Waals surface area contributed by atoms with Gasteiger partial charge in [0.2, 0.25) is 0 Å². The fourth-order valence-corrected chi connectivity index (χ4v) is 2.68. The molecule has 3 rings (SSSR count). The molecule has 0 spiro atoms. The zero-order valence-corrected chi connectivity index (χ0v) is 6.62. The van der Waals surface area contributed by atoms with Crippen LogP contribution in [0.25, 0.3) is 0 Å². The van der Waals surface area contributed by atoms with Gasteiger partial charge in [-0.3, -0.25) is 4.79 Å². The van der Waals surface area contributed by atoms with Gasteiger partial charge < -0.3 is 5.11 Å². The Hall–Kier alpha value is 0.0674. The van der Waals surface area contributed by atoms with Crippen molar-refractivity contribution in [3.63, 3.8) is 0 Å². The van der Waals surface area contributed by atoms with Gasteiger partial charge in [-0.2, -0.15) is 0 Å². The van der Waals surface area contributed by atoms with E-state index >= 15 is 0 Å². The van der Waals surface area contributed by atoms with Crippen molar-refractivity contribution in [2.75, 3.05) is 0 Å². The van der Waals surface area contributed by atoms with Crippen molar-refractivity contribution in [1.29, 1.82) is 0 Å². The Morgan fingerprint density at radius 1 is 1.17 bits per heavy atom. The van der Waals surface area contributed by atoms with E-state index in [1.807, 2.05) is 0 Å². The summed E-state index contributed by atoms with van der Waals surface area (Å²) in [6, 6.07) is 0. The Kier molecular flexibility index (Phi) is 3.26. The van der Waals surface area contributed by atoms with Crippen LogP contribution in [0.2, 0.25) is 0 Å². The van der Waals surface area contributed by atoms with Crippen LogP contribution in [0.3, 0.4) is 0 Å². The number of carboxylic acids is 1. The molecule has 3 aliphatic carbocycles. The van der Waals surface area contributed by atoms with E-state index in [1.54, 1.807) is 0 Å². The first-order valence-electron chi connectivity index (χ1n) is 4.50. The van der Waals surface area contributed by atoms with Crippen LogP contribution in [0, 0.1) is 17.8 Å². The standard InChI is InChI=1S/C9H14O2.Li.H/c10-9(11)8-5-6-1-3-7(8)4-2-6;;/h6-8H,1-5H2,(H,10,11);;. The van der Waals surface area contributed by atoms with Crippen LogP contribution in [0.5, 0.6) is 0 Å². The molecule has 64 valence electrons. The molecule has 12 heavy (non-hydrogen) atoms. The molecule has 3 fully saturated rings. The van der Waals surface area contributed by atoms with Crippen LogP contribution in [-0.2, 0) is 4.79 Å². The predicted octanol–water partition coefficient (Wildman–Crippen LogP) is 1.25. The third-order valence-electron chi connectivity index (χ3n) is 3.36. The zero-order chi connectivity index (χ0) is 7.84. The number of hydrogen-bond donors (Lipinski definition) is 1. The molecule has 1 unspecified atom stereocenters. The second-order valence-electron chi connectivity index (χ2n) is 3.96. The first kappa shape index (κ1) is 10.2. The van der Waals surface area contributed by atoms with E-state index in [-0.39, 0.29) is 24.8 Å². The van der Waals surface area contributed by atoms with E-state index in [9.17, 15) is 4.79 Å². The van der Waals surface area contributed by atoms with Crippen molar-refractivity contribution in [2.45, 2.75) is 32.1 Å². The quantitative estimate of drug-likeness (QED) is 0.589. The van der Waals surface area contributed by atoms with Crippen molar-refractivity contribution in [2.24, 2.45) is 17.8 Å². The normalized spacial score (nSPS) is 38.8. The SMILES string of the molecule is O=C(O)C1CC2CCC1CC2.[LiH]. The first-order chi connectivity index (χ1) is 5.27. The molecule has 1 atom stereocenters. The molecule has 0 aromatic rings. The summed E-state index contributed by atoms with van der Waals surface area (Å²) in [5.41, 5.74) is 0. The number of carbonyl (C=O) groups is 1. The van der Waals surface area contributed by atoms with Crippen LogP contribution < -0.4 is 0 Å². The number of aliphatic carboxylic acids is 1. The second kappa shape index (κ2) is 3.85. The molecule has 0 radical (unpaired) electrons. The van der Waals surface area contributed by atoms with Gasteiger partial charge in [0, 0.05) is 0 Å². The summed E-state index contributed by atoms with van der Waals surface area (Å²) in [5, 5.41) is 8.86. The van der Waals surface area contributed by atoms with Crippen molar-refractivity contribution >= 4 is 24.8 Å². The van der Waals surface area contributed by atoms with E-state index in [1.165, 1.54) is 25.7 Å². The Bertz CT molecular complexity index is 173. The van der Waals surface area contributed by atoms with Crippen LogP contribution in [-0.4, -0.2) is 29.9 Å². The van der Waals surface area contributed by atoms with Gasteiger partial charge in [-0.25, -0.2) is 0 Å². The monoisotopic (exact) mass is 162 g/mol. The molecule has 0 heterocycles. The Morgan fingerprint density at radius 2 is 1.75 bits per heavy atom. The summed E-state index contributed by atoms with van der Waals surface area (Å²) in [6.07, 6.45) is 5.87. The molecule has 2 bridgehead atoms. The van der Waals surface area contributed by atoms with Gasteiger partial charge in [0.25, 0.3) is 0 Å². The molecule has 0 saturated heterocycles. The van der Waals surface area contributed by atoms with Crippen molar-refractivity contribution < 1.29 is 9.90 Å². The number of fused-ring (bicyclic) bond motifs is 3. The zero-order valence-electron chi connectivity index (χ0n) is 6.62. The number of carboxylic acid groups (broad SMARTS) is 1. The minimum atomic E-state index is -0.556. The Labute approximate surface area is 84.9 Å². The van der Waals surface area contributed by atoms with Gasteiger partial charge in [0.1, 0.15) is 0 Å². The van der Waals surface area contributed by atoms with Crippen LogP contribution in [0.15, 0.2) is 0 Å². The fraction of sp³-hybridized carbons (Fsp3) is 0.889. The van der Waals surface area contributed by atoms with Gasteiger partial charge in [-0.15, -0.1) is 0 Å². The summed E-state index contributed by atoms with van der Waals surface area (Å²) in [4.78, 5) is 10.7. The van der Waals surface area contributed by atoms with E-state index in [2.05, 4.69) is 0 Å². The second-order valence-corrected chi connectivity index (χ2v) is 3.96. The average Bonchev–Trinajstić information content (AvgIpc) is 2.06. The predicted molar refractivity (Wildman–Crippen MR) is 48.3 cm³/mol. The summed E-state index contributed by atoms with van der Waals surface area (Å²) in [6.45, 7) is 0. The van der Waals surface area contributed by atoms with Gasteiger partial charge in [0.15, 0.2) is 0 Å². The first-order valence-corrected chi connectivity index (χ1v) is 4.50. The Balaban J connectivity index is 0.000000720. The molecule has 3 heteroatoms. The Morgan fingerprint density at radius 3 is 2.00 bits per heavy atom. The number of rotatable bonds is 1. The molecule has 0 aliphatic heterocycles. The van der Waals surface area contributed by atoms with Gasteiger partial charge in [0.05, 0.1) is 5.92 Å². The van der Waals surface area contributed by atoms with E-state index in [0.29, 0.717) is 5.92 Å².